The number of hydrogen-bond acceptors (Lipinski definition) is 6. The average Bonchev–Trinajstić information content (AvgIpc) is 3.29. The molecule has 2 saturated heterocycles. The van der Waals surface area contributed by atoms with Gasteiger partial charge in [-0.25, -0.2) is 0 Å². The van der Waals surface area contributed by atoms with Gasteiger partial charge in [-0.05, 0) is 85.7 Å². The summed E-state index contributed by atoms with van der Waals surface area (Å²) in [5.74, 6) is -0.373. The molecule has 1 N–H and O–H groups in total. The molecule has 4 atom stereocenters. The second-order valence-corrected chi connectivity index (χ2v) is 14.8. The van der Waals surface area contributed by atoms with E-state index in [1.54, 1.807) is 9.80 Å². The molecule has 2 aromatic rings. The molecular weight excluding hydrogens is 617 g/mol. The molecule has 11 heteroatoms. The van der Waals surface area contributed by atoms with E-state index in [1.165, 1.54) is 11.8 Å². The number of amidine groups is 1. The van der Waals surface area contributed by atoms with Crippen molar-refractivity contribution in [3.63, 3.8) is 0 Å². The van der Waals surface area contributed by atoms with Crippen LogP contribution in [0.25, 0.3) is 0 Å². The van der Waals surface area contributed by atoms with E-state index in [0.717, 1.165) is 41.3 Å². The van der Waals surface area contributed by atoms with Gasteiger partial charge in [0.2, 0.25) is 11.8 Å². The first-order valence-corrected chi connectivity index (χ1v) is 16.8. The van der Waals surface area contributed by atoms with Crippen molar-refractivity contribution in [2.75, 3.05) is 13.1 Å². The molecule has 1 aliphatic carbocycles. The number of benzene rings is 2. The first-order valence-electron chi connectivity index (χ1n) is 15.3. The maximum Gasteiger partial charge on any atom is 0.263 e. The van der Waals surface area contributed by atoms with E-state index in [4.69, 9.17) is 28.2 Å². The van der Waals surface area contributed by atoms with Crippen molar-refractivity contribution in [3.8, 4) is 0 Å². The number of amides is 3. The molecule has 5 aliphatic rings. The number of carbonyl (C=O) groups excluding carboxylic acids is 3. The van der Waals surface area contributed by atoms with E-state index >= 15 is 0 Å². The molecule has 0 bridgehead atoms. The van der Waals surface area contributed by atoms with Crippen molar-refractivity contribution in [2.45, 2.75) is 76.2 Å². The number of likely N-dealkylation sites (tertiary alicyclic amines) is 1. The number of thioether (sulfide) groups is 1. The SMILES string of the molecule is CC(C)C1=C(C(=O)N2[C@H](C)CC[C@H]2C(=O)N2CC(=O)NC3(CC3)C2)SC2=NC(c3ccc(Cl)cc3)[C@@H](c3ccc(Cl)cc3)N21. The molecule has 3 fully saturated rings. The van der Waals surface area contributed by atoms with Gasteiger partial charge in [-0.1, -0.05) is 61.3 Å². The minimum atomic E-state index is -0.591. The molecule has 0 radical (unpaired) electrons. The number of hydrogen-bond donors (Lipinski definition) is 1. The van der Waals surface area contributed by atoms with Gasteiger partial charge >= 0.3 is 0 Å². The van der Waals surface area contributed by atoms with Crippen molar-refractivity contribution in [2.24, 2.45) is 10.9 Å². The van der Waals surface area contributed by atoms with Crippen molar-refractivity contribution >= 4 is 57.9 Å². The summed E-state index contributed by atoms with van der Waals surface area (Å²) in [7, 11) is 0. The van der Waals surface area contributed by atoms with E-state index in [1.807, 2.05) is 55.5 Å². The summed E-state index contributed by atoms with van der Waals surface area (Å²) in [5.41, 5.74) is 2.71. The smallest absolute Gasteiger partial charge is 0.263 e. The predicted molar refractivity (Wildman–Crippen MR) is 173 cm³/mol. The Kier molecular flexibility index (Phi) is 7.49. The summed E-state index contributed by atoms with van der Waals surface area (Å²) in [6, 6.07) is 14.5. The largest absolute Gasteiger partial charge is 0.347 e. The summed E-state index contributed by atoms with van der Waals surface area (Å²) in [6.07, 6.45) is 3.09. The number of nitrogens with one attached hydrogen (secondary N) is 1. The molecular formula is C33H35Cl2N5O3S. The van der Waals surface area contributed by atoms with Crippen LogP contribution in [0.5, 0.6) is 0 Å². The van der Waals surface area contributed by atoms with Gasteiger partial charge in [0.25, 0.3) is 5.91 Å². The number of carbonyl (C=O) groups is 3. The van der Waals surface area contributed by atoms with Gasteiger partial charge in [0, 0.05) is 28.3 Å². The highest BCUT2D eigenvalue weighted by molar-refractivity contribution is 8.18. The van der Waals surface area contributed by atoms with Crippen molar-refractivity contribution in [1.29, 1.82) is 0 Å². The highest BCUT2D eigenvalue weighted by Gasteiger charge is 2.53. The Morgan fingerprint density at radius 2 is 1.64 bits per heavy atom. The summed E-state index contributed by atoms with van der Waals surface area (Å²) >= 11 is 13.9. The predicted octanol–water partition coefficient (Wildman–Crippen LogP) is 5.93. The lowest BCUT2D eigenvalue weighted by molar-refractivity contribution is -0.147. The van der Waals surface area contributed by atoms with E-state index < -0.39 is 6.04 Å². The summed E-state index contributed by atoms with van der Waals surface area (Å²) in [6.45, 7) is 6.76. The third-order valence-electron chi connectivity index (χ3n) is 9.47. The second kappa shape index (κ2) is 11.1. The number of rotatable bonds is 5. The van der Waals surface area contributed by atoms with Crippen LogP contribution in [-0.4, -0.2) is 68.3 Å². The molecule has 1 saturated carbocycles. The number of allylic oxidation sites excluding steroid dienone is 1. The van der Waals surface area contributed by atoms with Crippen LogP contribution in [0.3, 0.4) is 0 Å². The molecule has 3 amide bonds. The molecule has 4 heterocycles. The van der Waals surface area contributed by atoms with Crippen LogP contribution in [-0.2, 0) is 14.4 Å². The first kappa shape index (κ1) is 29.7. The fourth-order valence-electron chi connectivity index (χ4n) is 7.15. The molecule has 44 heavy (non-hydrogen) atoms. The second-order valence-electron chi connectivity index (χ2n) is 12.9. The lowest BCUT2D eigenvalue weighted by Gasteiger charge is -2.37. The lowest BCUT2D eigenvalue weighted by atomic mass is 9.92. The maximum absolute atomic E-state index is 14.6. The number of aliphatic imine (C=N–C) groups is 1. The molecule has 4 aliphatic heterocycles. The Balaban J connectivity index is 1.23. The van der Waals surface area contributed by atoms with Crippen LogP contribution < -0.4 is 5.32 Å². The number of halogens is 2. The summed E-state index contributed by atoms with van der Waals surface area (Å²) in [4.78, 5) is 52.4. The van der Waals surface area contributed by atoms with E-state index in [2.05, 4.69) is 24.1 Å². The standard InChI is InChI=1S/C33H35Cl2N5O3S/c1-18(2)27-29(31(43)39-19(3)4-13-24(39)30(42)38-16-25(41)37-33(17-38)14-15-33)44-32-36-26(20-5-9-22(34)10-6-20)28(40(27)32)21-7-11-23(35)12-8-21/h5-12,18-19,24,26,28H,4,13-17H2,1-3H3,(H,37,41)/t19-,24+,26?,28-/m1/s1. The molecule has 8 nitrogen and oxygen atoms in total. The molecule has 2 aromatic carbocycles. The van der Waals surface area contributed by atoms with Crippen molar-refractivity contribution < 1.29 is 14.4 Å². The lowest BCUT2D eigenvalue weighted by Crippen LogP contribution is -2.60. The number of fused-ring (bicyclic) bond motifs is 1. The van der Waals surface area contributed by atoms with Gasteiger partial charge < -0.3 is 20.0 Å². The third kappa shape index (κ3) is 5.11. The zero-order valence-electron chi connectivity index (χ0n) is 24.9. The Bertz CT molecular complexity index is 1590. The van der Waals surface area contributed by atoms with E-state index in [9.17, 15) is 14.4 Å². The van der Waals surface area contributed by atoms with Crippen LogP contribution in [0, 0.1) is 5.92 Å². The monoisotopic (exact) mass is 651 g/mol. The zero-order chi connectivity index (χ0) is 30.9. The van der Waals surface area contributed by atoms with Crippen LogP contribution in [0.4, 0.5) is 0 Å². The molecule has 1 spiro atoms. The average molecular weight is 653 g/mol. The van der Waals surface area contributed by atoms with E-state index in [0.29, 0.717) is 27.9 Å². The molecule has 1 unspecified atom stereocenters. The minimum absolute atomic E-state index is 0.0143. The van der Waals surface area contributed by atoms with Gasteiger partial charge in [-0.2, -0.15) is 0 Å². The molecule has 7 rings (SSSR count). The third-order valence-corrected chi connectivity index (χ3v) is 11.0. The van der Waals surface area contributed by atoms with Gasteiger partial charge in [-0.3, -0.25) is 19.4 Å². The quantitative estimate of drug-likeness (QED) is 0.433. The fourth-order valence-corrected chi connectivity index (χ4v) is 8.69. The normalized spacial score (nSPS) is 27.3. The van der Waals surface area contributed by atoms with E-state index in [-0.39, 0.29) is 53.8 Å². The van der Waals surface area contributed by atoms with Crippen LogP contribution >= 0.6 is 35.0 Å². The molecule has 0 aromatic heterocycles. The Labute approximate surface area is 271 Å². The number of nitrogens with zero attached hydrogens (tertiary/aromatic N) is 4. The van der Waals surface area contributed by atoms with Crippen molar-refractivity contribution in [3.05, 3.63) is 80.3 Å². The maximum atomic E-state index is 14.6. The van der Waals surface area contributed by atoms with Gasteiger partial charge in [-0.15, -0.1) is 0 Å². The fraction of sp³-hybridized carbons (Fsp3) is 0.455. The minimum Gasteiger partial charge on any atom is -0.347 e. The Morgan fingerprint density at radius 1 is 1.00 bits per heavy atom. The number of piperazine rings is 1. The van der Waals surface area contributed by atoms with Crippen molar-refractivity contribution in [1.82, 2.24) is 20.0 Å². The Hall–Kier alpha value is -3.01. The van der Waals surface area contributed by atoms with Gasteiger partial charge in [0.05, 0.1) is 18.1 Å². The van der Waals surface area contributed by atoms with Crippen LogP contribution in [0.15, 0.2) is 64.1 Å². The summed E-state index contributed by atoms with van der Waals surface area (Å²) in [5, 5.41) is 5.14. The highest BCUT2D eigenvalue weighted by atomic mass is 35.5. The molecule has 230 valence electrons. The van der Waals surface area contributed by atoms with Gasteiger partial charge in [0.1, 0.15) is 17.0 Å². The van der Waals surface area contributed by atoms with Gasteiger partial charge in [0.15, 0.2) is 5.17 Å². The van der Waals surface area contributed by atoms with Crippen LogP contribution in [0.1, 0.15) is 69.7 Å². The first-order chi connectivity index (χ1) is 21.0. The summed E-state index contributed by atoms with van der Waals surface area (Å²) < 4.78 is 0. The zero-order valence-corrected chi connectivity index (χ0v) is 27.3. The topological polar surface area (TPSA) is 85.3 Å². The van der Waals surface area contributed by atoms with Crippen LogP contribution in [0.2, 0.25) is 10.0 Å². The Morgan fingerprint density at radius 3 is 2.25 bits per heavy atom. The highest BCUT2D eigenvalue weighted by Crippen LogP contribution is 2.54.